The summed E-state index contributed by atoms with van der Waals surface area (Å²) >= 11 is 0. The Morgan fingerprint density at radius 3 is 2.61 bits per heavy atom. The van der Waals surface area contributed by atoms with Crippen LogP contribution >= 0.6 is 0 Å². The lowest BCUT2D eigenvalue weighted by Crippen LogP contribution is -2.47. The molecule has 1 rings (SSSR count). The molecule has 2 N–H and O–H groups in total. The molecule has 0 bridgehead atoms. The van der Waals surface area contributed by atoms with Gasteiger partial charge < -0.3 is 10.1 Å². The molecular formula is C11H22N2O4S. The average molecular weight is 278 g/mol. The Kier molecular flexibility index (Phi) is 5.55. The van der Waals surface area contributed by atoms with E-state index in [4.69, 9.17) is 4.74 Å². The summed E-state index contributed by atoms with van der Waals surface area (Å²) in [5.74, 6) is -0.917. The molecule has 0 radical (unpaired) electrons. The van der Waals surface area contributed by atoms with Crippen LogP contribution in [0.15, 0.2) is 0 Å². The van der Waals surface area contributed by atoms with E-state index in [1.54, 1.807) is 0 Å². The molecule has 2 unspecified atom stereocenters. The van der Waals surface area contributed by atoms with Crippen LogP contribution in [0.1, 0.15) is 27.2 Å². The molecule has 18 heavy (non-hydrogen) atoms. The number of carbonyl (C=O) groups excluding carboxylic acids is 1. The van der Waals surface area contributed by atoms with Gasteiger partial charge in [-0.2, -0.15) is 0 Å². The summed E-state index contributed by atoms with van der Waals surface area (Å²) < 4.78 is 30.6. The van der Waals surface area contributed by atoms with Crippen LogP contribution in [0.4, 0.5) is 0 Å². The van der Waals surface area contributed by atoms with Crippen molar-refractivity contribution in [3.8, 4) is 0 Å². The van der Waals surface area contributed by atoms with E-state index in [2.05, 4.69) is 10.0 Å². The molecule has 1 heterocycles. The number of amides is 1. The lowest BCUT2D eigenvalue weighted by atomic mass is 10.0. The molecule has 7 heteroatoms. The van der Waals surface area contributed by atoms with Gasteiger partial charge in [0.1, 0.15) is 0 Å². The maximum Gasteiger partial charge on any atom is 0.240 e. The first-order valence-corrected chi connectivity index (χ1v) is 7.79. The third kappa shape index (κ3) is 3.93. The zero-order valence-electron chi connectivity index (χ0n) is 11.1. The number of rotatable bonds is 6. The third-order valence-corrected chi connectivity index (χ3v) is 4.66. The number of hydrogen-bond acceptors (Lipinski definition) is 5. The first kappa shape index (κ1) is 15.4. The molecule has 1 fully saturated rings. The molecule has 1 aliphatic heterocycles. The molecule has 106 valence electrons. The standard InChI is InChI=1S/C11H22N2O4S/c1-4-5-12-10-7-17-6-9(10)11(14)13-18(15,16)8(2)3/h8-10,12H,4-7H2,1-3H3,(H,13,14). The Bertz CT molecular complexity index is 381. The number of nitrogens with one attached hydrogen (secondary N) is 2. The number of sulfonamides is 1. The van der Waals surface area contributed by atoms with Crippen molar-refractivity contribution in [3.63, 3.8) is 0 Å². The van der Waals surface area contributed by atoms with Crippen molar-refractivity contribution in [1.29, 1.82) is 0 Å². The predicted molar refractivity (Wildman–Crippen MR) is 68.6 cm³/mol. The Labute approximate surface area is 109 Å². The van der Waals surface area contributed by atoms with Crippen LogP contribution in [0.25, 0.3) is 0 Å². The van der Waals surface area contributed by atoms with Gasteiger partial charge in [0.15, 0.2) is 0 Å². The summed E-state index contributed by atoms with van der Waals surface area (Å²) in [6.45, 7) is 6.59. The molecule has 0 aliphatic carbocycles. The monoisotopic (exact) mass is 278 g/mol. The normalized spacial score (nSPS) is 24.4. The molecule has 1 aliphatic rings. The first-order chi connectivity index (χ1) is 8.38. The number of hydrogen-bond donors (Lipinski definition) is 2. The van der Waals surface area contributed by atoms with E-state index in [-0.39, 0.29) is 12.6 Å². The topological polar surface area (TPSA) is 84.5 Å². The summed E-state index contributed by atoms with van der Waals surface area (Å²) in [6, 6.07) is -0.104. The SMILES string of the molecule is CCCNC1COCC1C(=O)NS(=O)(=O)C(C)C. The predicted octanol–water partition coefficient (Wildman–Crippen LogP) is -0.145. The molecule has 0 saturated carbocycles. The highest BCUT2D eigenvalue weighted by molar-refractivity contribution is 7.90. The van der Waals surface area contributed by atoms with Crippen LogP contribution in [0, 0.1) is 5.92 Å². The maximum absolute atomic E-state index is 11.9. The van der Waals surface area contributed by atoms with Crippen LogP contribution in [0.5, 0.6) is 0 Å². The Balaban J connectivity index is 2.60. The van der Waals surface area contributed by atoms with Crippen LogP contribution < -0.4 is 10.0 Å². The van der Waals surface area contributed by atoms with Crippen molar-refractivity contribution in [2.45, 2.75) is 38.5 Å². The van der Waals surface area contributed by atoms with Gasteiger partial charge in [-0.3, -0.25) is 9.52 Å². The molecule has 1 amide bonds. The molecule has 1 saturated heterocycles. The molecule has 0 aromatic carbocycles. The fourth-order valence-corrected chi connectivity index (χ4v) is 2.34. The summed E-state index contributed by atoms with van der Waals surface area (Å²) in [6.07, 6.45) is 0.954. The molecule has 0 aromatic heterocycles. The van der Waals surface area contributed by atoms with Crippen molar-refractivity contribution in [1.82, 2.24) is 10.0 Å². The van der Waals surface area contributed by atoms with Gasteiger partial charge >= 0.3 is 0 Å². The lowest BCUT2D eigenvalue weighted by Gasteiger charge is -2.19. The van der Waals surface area contributed by atoms with Gasteiger partial charge in [0.05, 0.1) is 24.4 Å². The van der Waals surface area contributed by atoms with Crippen LogP contribution in [-0.4, -0.2) is 45.4 Å². The van der Waals surface area contributed by atoms with Crippen LogP contribution in [-0.2, 0) is 19.6 Å². The molecule has 6 nitrogen and oxygen atoms in total. The van der Waals surface area contributed by atoms with Gasteiger partial charge in [0, 0.05) is 6.04 Å². The number of ether oxygens (including phenoxy) is 1. The van der Waals surface area contributed by atoms with E-state index in [9.17, 15) is 13.2 Å². The molecule has 0 spiro atoms. The van der Waals surface area contributed by atoms with E-state index in [1.807, 2.05) is 6.92 Å². The van der Waals surface area contributed by atoms with Crippen molar-refractivity contribution in [2.24, 2.45) is 5.92 Å². The fourth-order valence-electron chi connectivity index (χ4n) is 1.68. The van der Waals surface area contributed by atoms with E-state index >= 15 is 0 Å². The van der Waals surface area contributed by atoms with Gasteiger partial charge in [-0.25, -0.2) is 8.42 Å². The fraction of sp³-hybridized carbons (Fsp3) is 0.909. The van der Waals surface area contributed by atoms with Crippen LogP contribution in [0.2, 0.25) is 0 Å². The Morgan fingerprint density at radius 1 is 1.39 bits per heavy atom. The Morgan fingerprint density at radius 2 is 2.06 bits per heavy atom. The minimum atomic E-state index is -3.56. The smallest absolute Gasteiger partial charge is 0.240 e. The van der Waals surface area contributed by atoms with Gasteiger partial charge in [0.2, 0.25) is 15.9 Å². The summed E-state index contributed by atoms with van der Waals surface area (Å²) in [5, 5.41) is 2.58. The highest BCUT2D eigenvalue weighted by Crippen LogP contribution is 2.14. The second-order valence-electron chi connectivity index (χ2n) is 4.76. The highest BCUT2D eigenvalue weighted by Gasteiger charge is 2.35. The van der Waals surface area contributed by atoms with Crippen molar-refractivity contribution >= 4 is 15.9 Å². The summed E-state index contributed by atoms with van der Waals surface area (Å²) in [5.41, 5.74) is 0. The van der Waals surface area contributed by atoms with Gasteiger partial charge in [0.25, 0.3) is 0 Å². The quantitative estimate of drug-likeness (QED) is 0.706. The largest absolute Gasteiger partial charge is 0.379 e. The van der Waals surface area contributed by atoms with E-state index in [0.717, 1.165) is 13.0 Å². The third-order valence-electron chi connectivity index (χ3n) is 2.94. The van der Waals surface area contributed by atoms with E-state index in [0.29, 0.717) is 6.61 Å². The average Bonchev–Trinajstić information content (AvgIpc) is 2.73. The molecule has 0 aromatic rings. The molecule has 2 atom stereocenters. The van der Waals surface area contributed by atoms with Crippen molar-refractivity contribution < 1.29 is 17.9 Å². The Hall–Kier alpha value is -0.660. The second kappa shape index (κ2) is 6.49. The van der Waals surface area contributed by atoms with E-state index in [1.165, 1.54) is 13.8 Å². The summed E-state index contributed by atoms with van der Waals surface area (Å²) in [7, 11) is -3.56. The van der Waals surface area contributed by atoms with Gasteiger partial charge in [-0.05, 0) is 26.8 Å². The van der Waals surface area contributed by atoms with Crippen molar-refractivity contribution in [2.75, 3.05) is 19.8 Å². The van der Waals surface area contributed by atoms with Gasteiger partial charge in [-0.1, -0.05) is 6.92 Å². The number of carbonyl (C=O) groups is 1. The maximum atomic E-state index is 11.9. The minimum absolute atomic E-state index is 0.104. The minimum Gasteiger partial charge on any atom is -0.379 e. The zero-order chi connectivity index (χ0) is 13.8. The van der Waals surface area contributed by atoms with Crippen molar-refractivity contribution in [3.05, 3.63) is 0 Å². The highest BCUT2D eigenvalue weighted by atomic mass is 32.2. The second-order valence-corrected chi connectivity index (χ2v) is 7.00. The molecular weight excluding hydrogens is 256 g/mol. The summed E-state index contributed by atoms with van der Waals surface area (Å²) in [4.78, 5) is 11.9. The zero-order valence-corrected chi connectivity index (χ0v) is 11.9. The van der Waals surface area contributed by atoms with Crippen LogP contribution in [0.3, 0.4) is 0 Å². The van der Waals surface area contributed by atoms with E-state index < -0.39 is 27.1 Å². The first-order valence-electron chi connectivity index (χ1n) is 6.25. The lowest BCUT2D eigenvalue weighted by molar-refractivity contribution is -0.123. The van der Waals surface area contributed by atoms with Gasteiger partial charge in [-0.15, -0.1) is 0 Å².